The number of benzene rings is 1. The van der Waals surface area contributed by atoms with Crippen LogP contribution in [0.1, 0.15) is 20.8 Å². The fourth-order valence-electron chi connectivity index (χ4n) is 1.85. The average Bonchev–Trinajstić information content (AvgIpc) is 2.38. The molecule has 0 spiro atoms. The van der Waals surface area contributed by atoms with Gasteiger partial charge < -0.3 is 0 Å². The first kappa shape index (κ1) is 9.13. The Morgan fingerprint density at radius 1 is 1.14 bits per heavy atom. The summed E-state index contributed by atoms with van der Waals surface area (Å²) in [7, 11) is 0. The first-order chi connectivity index (χ1) is 6.50. The van der Waals surface area contributed by atoms with Gasteiger partial charge in [-0.2, -0.15) is 0 Å². The molecule has 0 radical (unpaired) electrons. The monoisotopic (exact) mass is 186 g/mol. The van der Waals surface area contributed by atoms with Crippen molar-refractivity contribution < 1.29 is 0 Å². The summed E-state index contributed by atoms with van der Waals surface area (Å²) in [5.74, 6) is 0.415. The summed E-state index contributed by atoms with van der Waals surface area (Å²) in [5, 5.41) is 9.89. The largest absolute Gasteiger partial charge is 0.283 e. The zero-order chi connectivity index (χ0) is 10.3. The molecule has 0 fully saturated rings. The quantitative estimate of drug-likeness (QED) is 0.637. The maximum absolute atomic E-state index is 7.84. The van der Waals surface area contributed by atoms with Crippen molar-refractivity contribution in [1.29, 1.82) is 5.41 Å². The number of rotatable bonds is 0. The zero-order valence-corrected chi connectivity index (χ0v) is 8.76. The highest BCUT2D eigenvalue weighted by Crippen LogP contribution is 2.27. The first-order valence-corrected chi connectivity index (χ1v) is 4.77. The molecular formula is C12H14N2. The summed E-state index contributed by atoms with van der Waals surface area (Å²) in [6, 6.07) is 7.96. The van der Waals surface area contributed by atoms with E-state index in [-0.39, 0.29) is 5.41 Å². The van der Waals surface area contributed by atoms with Gasteiger partial charge in [-0.1, -0.05) is 39.0 Å². The Balaban J connectivity index is 2.86. The smallest absolute Gasteiger partial charge is 0.149 e. The fraction of sp³-hybridized carbons (Fsp3) is 0.333. The molecule has 2 nitrogen and oxygen atoms in total. The van der Waals surface area contributed by atoms with E-state index in [2.05, 4.69) is 25.8 Å². The molecule has 0 atom stereocenters. The third-order valence-corrected chi connectivity index (χ3v) is 2.39. The molecule has 0 saturated carbocycles. The van der Waals surface area contributed by atoms with Crippen LogP contribution in [0.15, 0.2) is 29.3 Å². The molecule has 0 amide bonds. The van der Waals surface area contributed by atoms with Gasteiger partial charge in [0.15, 0.2) is 0 Å². The van der Waals surface area contributed by atoms with Crippen molar-refractivity contribution in [2.45, 2.75) is 20.8 Å². The number of hydrogen-bond donors (Lipinski definition) is 1. The Labute approximate surface area is 83.5 Å². The van der Waals surface area contributed by atoms with E-state index >= 15 is 0 Å². The van der Waals surface area contributed by atoms with Crippen LogP contribution < -0.4 is 10.6 Å². The molecule has 0 saturated heterocycles. The van der Waals surface area contributed by atoms with Crippen LogP contribution in [0.5, 0.6) is 0 Å². The Morgan fingerprint density at radius 3 is 2.43 bits per heavy atom. The Bertz CT molecular complexity index is 504. The molecule has 14 heavy (non-hydrogen) atoms. The molecule has 1 aromatic carbocycles. The second kappa shape index (κ2) is 2.77. The molecule has 0 aliphatic carbocycles. The van der Waals surface area contributed by atoms with Gasteiger partial charge in [0, 0.05) is 10.8 Å². The van der Waals surface area contributed by atoms with Crippen molar-refractivity contribution >= 4 is 11.4 Å². The standard InChI is InChI=1S/C12H14N2/c1-12(2,3)10-8-6-4-5-7-9(8)14-11(10)13/h4-7,13H,1-3H3. The number of para-hydroxylation sites is 1. The van der Waals surface area contributed by atoms with E-state index in [9.17, 15) is 0 Å². The van der Waals surface area contributed by atoms with E-state index in [4.69, 9.17) is 5.41 Å². The van der Waals surface area contributed by atoms with Crippen LogP contribution in [-0.4, -0.2) is 5.84 Å². The van der Waals surface area contributed by atoms with Gasteiger partial charge in [0.1, 0.15) is 5.84 Å². The lowest BCUT2D eigenvalue weighted by atomic mass is 9.85. The molecule has 0 bridgehead atoms. The van der Waals surface area contributed by atoms with E-state index in [1.807, 2.05) is 24.3 Å². The van der Waals surface area contributed by atoms with E-state index < -0.39 is 0 Å². The molecule has 2 rings (SSSR count). The van der Waals surface area contributed by atoms with Crippen molar-refractivity contribution in [3.63, 3.8) is 0 Å². The SMILES string of the molecule is CC(C)(C)C1=c2ccccc2=NC1=N. The molecule has 72 valence electrons. The van der Waals surface area contributed by atoms with Crippen molar-refractivity contribution in [2.24, 2.45) is 10.4 Å². The van der Waals surface area contributed by atoms with Crippen molar-refractivity contribution in [1.82, 2.24) is 0 Å². The van der Waals surface area contributed by atoms with Crippen LogP contribution in [0, 0.1) is 10.8 Å². The van der Waals surface area contributed by atoms with E-state index in [1.54, 1.807) is 0 Å². The summed E-state index contributed by atoms with van der Waals surface area (Å²) in [5.41, 5.74) is 1.04. The highest BCUT2D eigenvalue weighted by atomic mass is 14.8. The van der Waals surface area contributed by atoms with Crippen LogP contribution in [0.2, 0.25) is 0 Å². The lowest BCUT2D eigenvalue weighted by Crippen LogP contribution is -2.26. The van der Waals surface area contributed by atoms with Gasteiger partial charge in [0.2, 0.25) is 0 Å². The predicted octanol–water partition coefficient (Wildman–Crippen LogP) is 1.49. The van der Waals surface area contributed by atoms with Crippen molar-refractivity contribution in [3.05, 3.63) is 34.8 Å². The Morgan fingerprint density at radius 2 is 1.79 bits per heavy atom. The lowest BCUT2D eigenvalue weighted by Gasteiger charge is -2.19. The van der Waals surface area contributed by atoms with Gasteiger partial charge in [-0.05, 0) is 11.5 Å². The van der Waals surface area contributed by atoms with Gasteiger partial charge >= 0.3 is 0 Å². The average molecular weight is 186 g/mol. The molecule has 0 aromatic heterocycles. The van der Waals surface area contributed by atoms with Gasteiger partial charge in [-0.15, -0.1) is 0 Å². The minimum Gasteiger partial charge on any atom is -0.283 e. The number of fused-ring (bicyclic) bond motifs is 1. The normalized spacial score (nSPS) is 15.4. The van der Waals surface area contributed by atoms with Crippen LogP contribution in [-0.2, 0) is 0 Å². The van der Waals surface area contributed by atoms with Crippen molar-refractivity contribution in [3.8, 4) is 0 Å². The molecule has 2 heteroatoms. The van der Waals surface area contributed by atoms with Crippen molar-refractivity contribution in [2.75, 3.05) is 0 Å². The van der Waals surface area contributed by atoms with Gasteiger partial charge in [-0.25, -0.2) is 4.99 Å². The number of hydrogen-bond acceptors (Lipinski definition) is 1. The molecule has 0 unspecified atom stereocenters. The molecule has 1 aromatic rings. The van der Waals surface area contributed by atoms with E-state index in [0.29, 0.717) is 5.84 Å². The summed E-state index contributed by atoms with van der Waals surface area (Å²) in [6.07, 6.45) is 0. The second-order valence-corrected chi connectivity index (χ2v) is 4.60. The molecule has 1 N–H and O–H groups in total. The van der Waals surface area contributed by atoms with Gasteiger partial charge in [0.05, 0.1) is 5.36 Å². The second-order valence-electron chi connectivity index (χ2n) is 4.60. The van der Waals surface area contributed by atoms with E-state index in [1.165, 1.54) is 0 Å². The molecule has 1 aliphatic rings. The highest BCUT2D eigenvalue weighted by Gasteiger charge is 2.24. The van der Waals surface area contributed by atoms with Crippen LogP contribution in [0.3, 0.4) is 0 Å². The molecule has 1 aliphatic heterocycles. The summed E-state index contributed by atoms with van der Waals surface area (Å²) < 4.78 is 0. The number of nitrogens with zero attached hydrogens (tertiary/aromatic N) is 1. The fourth-order valence-corrected chi connectivity index (χ4v) is 1.85. The Hall–Kier alpha value is -1.44. The predicted molar refractivity (Wildman–Crippen MR) is 57.8 cm³/mol. The van der Waals surface area contributed by atoms with Gasteiger partial charge in [-0.3, -0.25) is 5.41 Å². The van der Waals surface area contributed by atoms with Crippen LogP contribution in [0.4, 0.5) is 0 Å². The summed E-state index contributed by atoms with van der Waals surface area (Å²) >= 11 is 0. The lowest BCUT2D eigenvalue weighted by molar-refractivity contribution is 0.571. The highest BCUT2D eigenvalue weighted by molar-refractivity contribution is 6.18. The van der Waals surface area contributed by atoms with Crippen LogP contribution in [0.25, 0.3) is 5.57 Å². The minimum absolute atomic E-state index is 0.00676. The number of nitrogens with one attached hydrogen (secondary N) is 1. The first-order valence-electron chi connectivity index (χ1n) is 4.77. The third-order valence-electron chi connectivity index (χ3n) is 2.39. The topological polar surface area (TPSA) is 36.2 Å². The Kier molecular flexibility index (Phi) is 1.81. The third kappa shape index (κ3) is 1.27. The number of amidine groups is 1. The zero-order valence-electron chi connectivity index (χ0n) is 8.76. The molecule has 1 heterocycles. The minimum atomic E-state index is -0.00676. The van der Waals surface area contributed by atoms with Gasteiger partial charge in [0.25, 0.3) is 0 Å². The maximum Gasteiger partial charge on any atom is 0.149 e. The molecular weight excluding hydrogens is 172 g/mol. The van der Waals surface area contributed by atoms with Crippen LogP contribution >= 0.6 is 0 Å². The maximum atomic E-state index is 7.84. The van der Waals surface area contributed by atoms with E-state index in [0.717, 1.165) is 16.1 Å². The summed E-state index contributed by atoms with van der Waals surface area (Å²) in [4.78, 5) is 4.25. The summed E-state index contributed by atoms with van der Waals surface area (Å²) in [6.45, 7) is 6.36.